The molecule has 27 heavy (non-hydrogen) atoms. The number of benzene rings is 1. The summed E-state index contributed by atoms with van der Waals surface area (Å²) in [7, 11) is 0. The Balaban J connectivity index is 1.70. The van der Waals surface area contributed by atoms with Gasteiger partial charge in [-0.15, -0.1) is 0 Å². The molecule has 2 amide bonds. The first kappa shape index (κ1) is 21.2. The molecule has 0 aromatic heterocycles. The van der Waals surface area contributed by atoms with Crippen molar-refractivity contribution in [2.45, 2.75) is 59.1 Å². The van der Waals surface area contributed by atoms with Gasteiger partial charge >= 0.3 is 6.09 Å². The maximum atomic E-state index is 12.0. The maximum Gasteiger partial charge on any atom is 0.407 e. The van der Waals surface area contributed by atoms with Crippen LogP contribution in [0.4, 0.5) is 10.5 Å². The van der Waals surface area contributed by atoms with Gasteiger partial charge < -0.3 is 15.4 Å². The van der Waals surface area contributed by atoms with Gasteiger partial charge in [0, 0.05) is 31.7 Å². The van der Waals surface area contributed by atoms with Gasteiger partial charge in [-0.25, -0.2) is 4.79 Å². The molecule has 1 fully saturated rings. The summed E-state index contributed by atoms with van der Waals surface area (Å²) in [4.78, 5) is 26.0. The lowest BCUT2D eigenvalue weighted by atomic mass is 10.00. The van der Waals surface area contributed by atoms with E-state index in [1.807, 2.05) is 12.1 Å². The molecule has 1 unspecified atom stereocenters. The van der Waals surface area contributed by atoms with Gasteiger partial charge in [-0.1, -0.05) is 19.1 Å². The highest BCUT2D eigenvalue weighted by molar-refractivity contribution is 5.91. The number of alkyl carbamates (subject to hydrolysis) is 1. The summed E-state index contributed by atoms with van der Waals surface area (Å²) < 4.78 is 5.13. The Morgan fingerprint density at radius 2 is 1.93 bits per heavy atom. The zero-order chi connectivity index (χ0) is 19.9. The van der Waals surface area contributed by atoms with E-state index in [1.54, 1.807) is 20.8 Å². The Morgan fingerprint density at radius 1 is 1.22 bits per heavy atom. The van der Waals surface area contributed by atoms with Gasteiger partial charge in [-0.05, 0) is 63.8 Å². The fraction of sp³-hybridized carbons (Fsp3) is 0.619. The molecule has 0 aliphatic carbocycles. The van der Waals surface area contributed by atoms with Gasteiger partial charge in [0.05, 0.1) is 0 Å². The molecule has 6 nitrogen and oxygen atoms in total. The second kappa shape index (κ2) is 9.74. The van der Waals surface area contributed by atoms with Crippen LogP contribution >= 0.6 is 0 Å². The lowest BCUT2D eigenvalue weighted by Crippen LogP contribution is -2.34. The molecule has 2 N–H and O–H groups in total. The normalized spacial score (nSPS) is 18.0. The maximum absolute atomic E-state index is 12.0. The number of hydrogen-bond donors (Lipinski definition) is 2. The summed E-state index contributed by atoms with van der Waals surface area (Å²) in [6, 6.07) is 7.99. The Hall–Kier alpha value is -2.08. The number of rotatable bonds is 6. The second-order valence-corrected chi connectivity index (χ2v) is 8.41. The van der Waals surface area contributed by atoms with Crippen LogP contribution in [0.15, 0.2) is 24.3 Å². The molecule has 1 atom stereocenters. The number of nitrogens with one attached hydrogen (secondary N) is 2. The predicted octanol–water partition coefficient (Wildman–Crippen LogP) is 3.77. The smallest absolute Gasteiger partial charge is 0.407 e. The van der Waals surface area contributed by atoms with Crippen LogP contribution in [0.5, 0.6) is 0 Å². The van der Waals surface area contributed by atoms with Crippen molar-refractivity contribution in [3.63, 3.8) is 0 Å². The predicted molar refractivity (Wildman–Crippen MR) is 108 cm³/mol. The standard InChI is InChI=1S/C21H33N3O3/c1-16-6-5-13-24(14-16)15-17-7-9-18(10-8-17)23-19(25)11-12-22-20(26)27-21(2,3)4/h7-10,16H,5-6,11-15H2,1-4H3,(H,22,26)(H,23,25). The molecule has 0 bridgehead atoms. The van der Waals surface area contributed by atoms with Crippen LogP contribution in [0.25, 0.3) is 0 Å². The number of anilines is 1. The largest absolute Gasteiger partial charge is 0.444 e. The van der Waals surface area contributed by atoms with Crippen molar-refractivity contribution in [1.29, 1.82) is 0 Å². The van der Waals surface area contributed by atoms with E-state index < -0.39 is 11.7 Å². The van der Waals surface area contributed by atoms with E-state index >= 15 is 0 Å². The molecular formula is C21H33N3O3. The van der Waals surface area contributed by atoms with Crippen molar-refractivity contribution < 1.29 is 14.3 Å². The molecule has 1 aliphatic rings. The van der Waals surface area contributed by atoms with Gasteiger partial charge in [0.2, 0.25) is 5.91 Å². The molecule has 1 saturated heterocycles. The minimum atomic E-state index is -0.541. The molecule has 1 aliphatic heterocycles. The van der Waals surface area contributed by atoms with Gasteiger partial charge in [-0.3, -0.25) is 9.69 Å². The summed E-state index contributed by atoms with van der Waals surface area (Å²) in [6.07, 6.45) is 2.29. The molecule has 2 rings (SSSR count). The first-order chi connectivity index (χ1) is 12.7. The van der Waals surface area contributed by atoms with Gasteiger partial charge in [0.25, 0.3) is 0 Å². The zero-order valence-electron chi connectivity index (χ0n) is 17.0. The Labute approximate surface area is 162 Å². The molecule has 1 aromatic rings. The summed E-state index contributed by atoms with van der Waals surface area (Å²) in [6.45, 7) is 11.2. The summed E-state index contributed by atoms with van der Waals surface area (Å²) in [5.74, 6) is 0.635. The minimum absolute atomic E-state index is 0.135. The van der Waals surface area contributed by atoms with Gasteiger partial charge in [0.1, 0.15) is 5.60 Å². The van der Waals surface area contributed by atoms with Crippen LogP contribution in [0.2, 0.25) is 0 Å². The van der Waals surface area contributed by atoms with E-state index in [4.69, 9.17) is 4.74 Å². The van der Waals surface area contributed by atoms with Gasteiger partial charge in [-0.2, -0.15) is 0 Å². The van der Waals surface area contributed by atoms with E-state index in [0.29, 0.717) is 0 Å². The topological polar surface area (TPSA) is 70.7 Å². The van der Waals surface area contributed by atoms with E-state index in [-0.39, 0.29) is 18.9 Å². The SMILES string of the molecule is CC1CCCN(Cc2ccc(NC(=O)CCNC(=O)OC(C)(C)C)cc2)C1. The molecule has 150 valence electrons. The summed E-state index contributed by atoms with van der Waals surface area (Å²) >= 11 is 0. The molecule has 0 radical (unpaired) electrons. The van der Waals surface area contributed by atoms with E-state index in [9.17, 15) is 9.59 Å². The van der Waals surface area contributed by atoms with Crippen molar-refractivity contribution >= 4 is 17.7 Å². The minimum Gasteiger partial charge on any atom is -0.444 e. The van der Waals surface area contributed by atoms with E-state index in [1.165, 1.54) is 18.4 Å². The van der Waals surface area contributed by atoms with E-state index in [2.05, 4.69) is 34.6 Å². The van der Waals surface area contributed by atoms with Crippen molar-refractivity contribution in [3.05, 3.63) is 29.8 Å². The zero-order valence-corrected chi connectivity index (χ0v) is 17.0. The number of amides is 2. The average Bonchev–Trinajstić information content (AvgIpc) is 2.55. The number of likely N-dealkylation sites (tertiary alicyclic amines) is 1. The number of piperidine rings is 1. The number of hydrogen-bond acceptors (Lipinski definition) is 4. The third kappa shape index (κ3) is 8.43. The first-order valence-electron chi connectivity index (χ1n) is 9.79. The summed E-state index contributed by atoms with van der Waals surface area (Å²) in [5.41, 5.74) is 1.49. The highest BCUT2D eigenvalue weighted by Crippen LogP contribution is 2.18. The Bertz CT molecular complexity index is 623. The molecule has 1 heterocycles. The lowest BCUT2D eigenvalue weighted by Gasteiger charge is -2.30. The Morgan fingerprint density at radius 3 is 2.56 bits per heavy atom. The van der Waals surface area contributed by atoms with Crippen LogP contribution in [-0.4, -0.2) is 42.1 Å². The lowest BCUT2D eigenvalue weighted by molar-refractivity contribution is -0.116. The number of carbonyl (C=O) groups is 2. The highest BCUT2D eigenvalue weighted by atomic mass is 16.6. The molecule has 0 spiro atoms. The Kier molecular flexibility index (Phi) is 7.66. The van der Waals surface area contributed by atoms with Crippen LogP contribution in [-0.2, 0) is 16.1 Å². The number of carbonyl (C=O) groups excluding carboxylic acids is 2. The van der Waals surface area contributed by atoms with Gasteiger partial charge in [0.15, 0.2) is 0 Å². The number of ether oxygens (including phenoxy) is 1. The average molecular weight is 376 g/mol. The first-order valence-corrected chi connectivity index (χ1v) is 9.79. The van der Waals surface area contributed by atoms with Crippen LogP contribution in [0, 0.1) is 5.92 Å². The third-order valence-electron chi connectivity index (χ3n) is 4.41. The van der Waals surface area contributed by atoms with Crippen molar-refractivity contribution in [2.75, 3.05) is 25.0 Å². The fourth-order valence-corrected chi connectivity index (χ4v) is 3.20. The van der Waals surface area contributed by atoms with Crippen LogP contribution in [0.3, 0.4) is 0 Å². The van der Waals surface area contributed by atoms with Crippen molar-refractivity contribution in [1.82, 2.24) is 10.2 Å². The number of nitrogens with zero attached hydrogens (tertiary/aromatic N) is 1. The third-order valence-corrected chi connectivity index (χ3v) is 4.41. The molecular weight excluding hydrogens is 342 g/mol. The molecule has 6 heteroatoms. The monoisotopic (exact) mass is 375 g/mol. The summed E-state index contributed by atoms with van der Waals surface area (Å²) in [5, 5.41) is 5.44. The van der Waals surface area contributed by atoms with Crippen molar-refractivity contribution in [3.8, 4) is 0 Å². The van der Waals surface area contributed by atoms with E-state index in [0.717, 1.165) is 31.2 Å². The van der Waals surface area contributed by atoms with Crippen LogP contribution < -0.4 is 10.6 Å². The molecule has 0 saturated carbocycles. The fourth-order valence-electron chi connectivity index (χ4n) is 3.20. The van der Waals surface area contributed by atoms with Crippen LogP contribution in [0.1, 0.15) is 52.5 Å². The highest BCUT2D eigenvalue weighted by Gasteiger charge is 2.17. The quantitative estimate of drug-likeness (QED) is 0.794. The molecule has 1 aromatic carbocycles. The van der Waals surface area contributed by atoms with Crippen molar-refractivity contribution in [2.24, 2.45) is 5.92 Å². The second-order valence-electron chi connectivity index (χ2n) is 8.41.